The van der Waals surface area contributed by atoms with Crippen LogP contribution in [0.25, 0.3) is 0 Å². The summed E-state index contributed by atoms with van der Waals surface area (Å²) >= 11 is 1.85. The average molecular weight is 265 g/mol. The highest BCUT2D eigenvalue weighted by Crippen LogP contribution is 2.57. The maximum absolute atomic E-state index is 5.90. The van der Waals surface area contributed by atoms with Gasteiger partial charge in [0.05, 0.1) is 6.10 Å². The molecule has 1 heterocycles. The Hall–Kier alpha value is -0.380. The molecule has 2 aliphatic carbocycles. The summed E-state index contributed by atoms with van der Waals surface area (Å²) in [5.74, 6) is 0. The van der Waals surface area contributed by atoms with Crippen molar-refractivity contribution in [1.29, 1.82) is 0 Å². The molecule has 2 unspecified atom stereocenters. The van der Waals surface area contributed by atoms with Crippen LogP contribution in [0.15, 0.2) is 17.5 Å². The van der Waals surface area contributed by atoms with Gasteiger partial charge in [-0.3, -0.25) is 0 Å². The lowest BCUT2D eigenvalue weighted by Crippen LogP contribution is -2.67. The van der Waals surface area contributed by atoms with E-state index in [-0.39, 0.29) is 0 Å². The smallest absolute Gasteiger partial charge is 0.0661 e. The molecule has 3 atom stereocenters. The molecule has 3 rings (SSSR count). The highest BCUT2D eigenvalue weighted by atomic mass is 32.1. The monoisotopic (exact) mass is 265 g/mol. The standard InChI is InChI=1S/C15H23NOS/c1-3-17-14-10-13(15(14)7-5-8-15)16-11(2)12-6-4-9-18-12/h4,6,9,11,13-14,16H,3,5,7-8,10H2,1-2H3/t11-,13?,14?/m1/s1. The van der Waals surface area contributed by atoms with Gasteiger partial charge in [-0.05, 0) is 44.6 Å². The summed E-state index contributed by atoms with van der Waals surface area (Å²) in [6.07, 6.45) is 5.81. The van der Waals surface area contributed by atoms with Gasteiger partial charge in [-0.1, -0.05) is 12.5 Å². The second kappa shape index (κ2) is 4.95. The zero-order valence-electron chi connectivity index (χ0n) is 11.3. The molecule has 1 aromatic rings. The van der Waals surface area contributed by atoms with E-state index in [4.69, 9.17) is 4.74 Å². The molecule has 2 fully saturated rings. The van der Waals surface area contributed by atoms with Crippen molar-refractivity contribution in [2.45, 2.75) is 57.7 Å². The first-order valence-electron chi connectivity index (χ1n) is 7.17. The van der Waals surface area contributed by atoms with E-state index in [1.807, 2.05) is 11.3 Å². The van der Waals surface area contributed by atoms with Gasteiger partial charge >= 0.3 is 0 Å². The van der Waals surface area contributed by atoms with Crippen molar-refractivity contribution in [3.63, 3.8) is 0 Å². The molecule has 0 bridgehead atoms. The zero-order valence-corrected chi connectivity index (χ0v) is 12.1. The van der Waals surface area contributed by atoms with Crippen molar-refractivity contribution in [3.8, 4) is 0 Å². The summed E-state index contributed by atoms with van der Waals surface area (Å²) in [7, 11) is 0. The number of hydrogen-bond acceptors (Lipinski definition) is 3. The Bertz CT molecular complexity index is 385. The molecule has 2 saturated carbocycles. The van der Waals surface area contributed by atoms with Gasteiger partial charge in [-0.2, -0.15) is 0 Å². The van der Waals surface area contributed by atoms with Crippen molar-refractivity contribution in [1.82, 2.24) is 5.32 Å². The van der Waals surface area contributed by atoms with Crippen molar-refractivity contribution in [2.24, 2.45) is 5.41 Å². The zero-order chi connectivity index (χ0) is 12.6. The highest BCUT2D eigenvalue weighted by Gasteiger charge is 2.58. The van der Waals surface area contributed by atoms with E-state index >= 15 is 0 Å². The fourth-order valence-electron chi connectivity index (χ4n) is 3.59. The average Bonchev–Trinajstić information content (AvgIpc) is 2.78. The molecular weight excluding hydrogens is 242 g/mol. The second-order valence-corrected chi connectivity index (χ2v) is 6.70. The molecule has 0 saturated heterocycles. The number of nitrogens with one attached hydrogen (secondary N) is 1. The number of thiophene rings is 1. The predicted molar refractivity (Wildman–Crippen MR) is 76.0 cm³/mol. The number of rotatable bonds is 5. The number of ether oxygens (including phenoxy) is 1. The minimum atomic E-state index is 0.474. The molecule has 1 spiro atoms. The molecule has 2 nitrogen and oxygen atoms in total. The van der Waals surface area contributed by atoms with Gasteiger partial charge < -0.3 is 10.1 Å². The minimum Gasteiger partial charge on any atom is -0.378 e. The maximum atomic E-state index is 5.90. The normalized spacial score (nSPS) is 30.8. The summed E-state index contributed by atoms with van der Waals surface area (Å²) in [4.78, 5) is 1.45. The number of hydrogen-bond donors (Lipinski definition) is 1. The Labute approximate surface area is 114 Å². The van der Waals surface area contributed by atoms with Crippen molar-refractivity contribution in [2.75, 3.05) is 6.61 Å². The predicted octanol–water partition coefficient (Wildman–Crippen LogP) is 3.75. The SMILES string of the molecule is CCOC1CC(N[C@H](C)c2cccs2)C12CCC2. The van der Waals surface area contributed by atoms with Crippen LogP contribution < -0.4 is 5.32 Å². The van der Waals surface area contributed by atoms with Crippen molar-refractivity contribution < 1.29 is 4.74 Å². The Morgan fingerprint density at radius 3 is 2.94 bits per heavy atom. The van der Waals surface area contributed by atoms with Crippen molar-refractivity contribution >= 4 is 11.3 Å². The molecule has 1 N–H and O–H groups in total. The van der Waals surface area contributed by atoms with Gasteiger partial charge in [0.2, 0.25) is 0 Å². The molecule has 18 heavy (non-hydrogen) atoms. The van der Waals surface area contributed by atoms with E-state index in [2.05, 4.69) is 36.7 Å². The van der Waals surface area contributed by atoms with Crippen LogP contribution in [-0.4, -0.2) is 18.8 Å². The Balaban J connectivity index is 1.61. The molecule has 0 aromatic carbocycles. The molecule has 0 radical (unpaired) electrons. The largest absolute Gasteiger partial charge is 0.378 e. The molecule has 3 heteroatoms. The third-order valence-electron chi connectivity index (χ3n) is 4.86. The fourth-order valence-corrected chi connectivity index (χ4v) is 4.34. The summed E-state index contributed by atoms with van der Waals surface area (Å²) in [6, 6.07) is 5.52. The third kappa shape index (κ3) is 1.93. The summed E-state index contributed by atoms with van der Waals surface area (Å²) in [5, 5.41) is 5.99. The topological polar surface area (TPSA) is 21.3 Å². The third-order valence-corrected chi connectivity index (χ3v) is 5.91. The van der Waals surface area contributed by atoms with Gasteiger partial charge in [-0.15, -0.1) is 11.3 Å². The lowest BCUT2D eigenvalue weighted by atomic mass is 9.51. The van der Waals surface area contributed by atoms with E-state index in [1.54, 1.807) is 0 Å². The van der Waals surface area contributed by atoms with Gasteiger partial charge in [-0.25, -0.2) is 0 Å². The first-order chi connectivity index (χ1) is 8.76. The second-order valence-electron chi connectivity index (χ2n) is 5.72. The van der Waals surface area contributed by atoms with Gasteiger partial charge in [0.15, 0.2) is 0 Å². The molecule has 0 aliphatic heterocycles. The van der Waals surface area contributed by atoms with Crippen LogP contribution in [0.1, 0.15) is 50.4 Å². The van der Waals surface area contributed by atoms with Crippen LogP contribution in [-0.2, 0) is 4.74 Å². The van der Waals surface area contributed by atoms with Gasteiger partial charge in [0.25, 0.3) is 0 Å². The fraction of sp³-hybridized carbons (Fsp3) is 0.733. The van der Waals surface area contributed by atoms with E-state index < -0.39 is 0 Å². The van der Waals surface area contributed by atoms with E-state index in [1.165, 1.54) is 30.6 Å². The van der Waals surface area contributed by atoms with Crippen LogP contribution >= 0.6 is 11.3 Å². The first-order valence-corrected chi connectivity index (χ1v) is 8.05. The van der Waals surface area contributed by atoms with E-state index in [9.17, 15) is 0 Å². The summed E-state index contributed by atoms with van der Waals surface area (Å²) < 4.78 is 5.90. The lowest BCUT2D eigenvalue weighted by Gasteiger charge is -2.61. The van der Waals surface area contributed by atoms with E-state index in [0.717, 1.165) is 6.61 Å². The van der Waals surface area contributed by atoms with E-state index in [0.29, 0.717) is 23.6 Å². The maximum Gasteiger partial charge on any atom is 0.0661 e. The van der Waals surface area contributed by atoms with Crippen LogP contribution in [0, 0.1) is 5.41 Å². The quantitative estimate of drug-likeness (QED) is 0.875. The summed E-state index contributed by atoms with van der Waals surface area (Å²) in [5.41, 5.74) is 0.474. The van der Waals surface area contributed by atoms with Crippen LogP contribution in [0.4, 0.5) is 0 Å². The first kappa shape index (κ1) is 12.6. The van der Waals surface area contributed by atoms with Crippen LogP contribution in [0.2, 0.25) is 0 Å². The minimum absolute atomic E-state index is 0.474. The molecular formula is C15H23NOS. The van der Waals surface area contributed by atoms with Crippen molar-refractivity contribution in [3.05, 3.63) is 22.4 Å². The molecule has 100 valence electrons. The summed E-state index contributed by atoms with van der Waals surface area (Å²) in [6.45, 7) is 5.26. The molecule has 0 amide bonds. The molecule has 2 aliphatic rings. The van der Waals surface area contributed by atoms with Crippen LogP contribution in [0.3, 0.4) is 0 Å². The van der Waals surface area contributed by atoms with Gasteiger partial charge in [0, 0.05) is 29.0 Å². The van der Waals surface area contributed by atoms with Crippen LogP contribution in [0.5, 0.6) is 0 Å². The van der Waals surface area contributed by atoms with Gasteiger partial charge in [0.1, 0.15) is 0 Å². The lowest BCUT2D eigenvalue weighted by molar-refractivity contribution is -0.174. The Kier molecular flexibility index (Phi) is 3.48. The Morgan fingerprint density at radius 1 is 1.56 bits per heavy atom. The molecule has 1 aromatic heterocycles. The Morgan fingerprint density at radius 2 is 2.39 bits per heavy atom. The highest BCUT2D eigenvalue weighted by molar-refractivity contribution is 7.10.